The van der Waals surface area contributed by atoms with E-state index in [1.165, 1.54) is 5.57 Å². The molecule has 1 heterocycles. The smallest absolute Gasteiger partial charge is 0.247 e. The summed E-state index contributed by atoms with van der Waals surface area (Å²) in [4.78, 5) is 14.4. The molecule has 144 valence electrons. The Balaban J connectivity index is 1.97. The summed E-state index contributed by atoms with van der Waals surface area (Å²) in [7, 11) is -0.226. The Hall–Kier alpha value is -1.11. The normalized spacial score (nSPS) is 15.7. The second kappa shape index (κ2) is 8.27. The first-order chi connectivity index (χ1) is 12.0. The summed E-state index contributed by atoms with van der Waals surface area (Å²) >= 11 is 3.48. The average Bonchev–Trinajstić information content (AvgIpc) is 2.59. The van der Waals surface area contributed by atoms with Gasteiger partial charge in [-0.05, 0) is 63.8 Å². The van der Waals surface area contributed by atoms with E-state index >= 15 is 0 Å². The van der Waals surface area contributed by atoms with Crippen LogP contribution in [0.3, 0.4) is 0 Å². The molecule has 0 saturated carbocycles. The number of nitrogens with zero attached hydrogens (tertiary/aromatic N) is 1. The third kappa shape index (κ3) is 4.99. The van der Waals surface area contributed by atoms with Gasteiger partial charge in [-0.2, -0.15) is 0 Å². The second-order valence-corrected chi connectivity index (χ2v) is 13.9. The van der Waals surface area contributed by atoms with Crippen LogP contribution in [0.25, 0.3) is 5.57 Å². The van der Waals surface area contributed by atoms with E-state index in [9.17, 15) is 4.79 Å². The molecule has 0 unspecified atom stereocenters. The maximum absolute atomic E-state index is 12.5. The first kappa shape index (κ1) is 21.2. The quantitative estimate of drug-likeness (QED) is 0.599. The Morgan fingerprint density at radius 3 is 2.54 bits per heavy atom. The Morgan fingerprint density at radius 2 is 2.00 bits per heavy atom. The van der Waals surface area contributed by atoms with Crippen LogP contribution in [-0.4, -0.2) is 45.9 Å². The van der Waals surface area contributed by atoms with Crippen molar-refractivity contribution in [2.45, 2.75) is 45.3 Å². The number of halogens is 1. The number of ether oxygens (including phenoxy) is 1. The van der Waals surface area contributed by atoms with E-state index in [0.29, 0.717) is 6.54 Å². The highest BCUT2D eigenvalue weighted by atomic mass is 79.9. The number of amides is 1. The fraction of sp³-hybridized carbons (Fsp3) is 0.550. The summed E-state index contributed by atoms with van der Waals surface area (Å²) in [6.45, 7) is 12.5. The zero-order valence-corrected chi connectivity index (χ0v) is 19.3. The summed E-state index contributed by atoms with van der Waals surface area (Å²) in [5, 5.41) is 0.114. The predicted molar refractivity (Wildman–Crippen MR) is 113 cm³/mol. The molecule has 0 saturated heterocycles. The molecule has 0 aliphatic carbocycles. The highest BCUT2D eigenvalue weighted by Crippen LogP contribution is 2.36. The number of hydrogen-bond donors (Lipinski definition) is 0. The maximum Gasteiger partial charge on any atom is 0.247 e. The van der Waals surface area contributed by atoms with E-state index in [1.54, 1.807) is 7.11 Å². The molecule has 0 radical (unpaired) electrons. The van der Waals surface area contributed by atoms with E-state index in [-0.39, 0.29) is 17.6 Å². The lowest BCUT2D eigenvalue weighted by Crippen LogP contribution is -2.45. The Labute approximate surface area is 166 Å². The maximum atomic E-state index is 12.5. The lowest BCUT2D eigenvalue weighted by molar-refractivity contribution is -0.133. The van der Waals surface area contributed by atoms with Crippen LogP contribution in [0.1, 0.15) is 32.8 Å². The molecule has 0 fully saturated rings. The van der Waals surface area contributed by atoms with Gasteiger partial charge in [0.2, 0.25) is 5.91 Å². The summed E-state index contributed by atoms with van der Waals surface area (Å²) in [6.07, 6.45) is 2.98. The highest BCUT2D eigenvalue weighted by Gasteiger charge is 2.37. The van der Waals surface area contributed by atoms with Crippen LogP contribution < -0.4 is 4.74 Å². The monoisotopic (exact) mass is 439 g/mol. The standard InChI is InChI=1S/C20H30BrNO3Si/c1-20(2,3)26(5,6)25-14-19(23)22-11-9-15(10-12-22)16-7-8-17(21)18(13-16)24-4/h7-9,13H,10-12,14H2,1-6H3. The molecule has 1 aliphatic rings. The van der Waals surface area contributed by atoms with Crippen molar-refractivity contribution in [1.29, 1.82) is 0 Å². The van der Waals surface area contributed by atoms with Crippen molar-refractivity contribution in [2.75, 3.05) is 26.8 Å². The van der Waals surface area contributed by atoms with Crippen molar-refractivity contribution >= 4 is 35.7 Å². The van der Waals surface area contributed by atoms with Gasteiger partial charge in [0.05, 0.1) is 11.6 Å². The van der Waals surface area contributed by atoms with Gasteiger partial charge in [0.1, 0.15) is 12.4 Å². The number of hydrogen-bond acceptors (Lipinski definition) is 3. The Bertz CT molecular complexity index is 695. The number of methoxy groups -OCH3 is 1. The summed E-state index contributed by atoms with van der Waals surface area (Å²) in [6, 6.07) is 6.12. The van der Waals surface area contributed by atoms with Gasteiger partial charge in [0.15, 0.2) is 8.32 Å². The highest BCUT2D eigenvalue weighted by molar-refractivity contribution is 9.10. The van der Waals surface area contributed by atoms with Gasteiger partial charge in [-0.3, -0.25) is 4.79 Å². The first-order valence-corrected chi connectivity index (χ1v) is 12.7. The van der Waals surface area contributed by atoms with Gasteiger partial charge in [-0.1, -0.05) is 32.9 Å². The molecule has 4 nitrogen and oxygen atoms in total. The fourth-order valence-electron chi connectivity index (χ4n) is 2.57. The largest absolute Gasteiger partial charge is 0.496 e. The van der Waals surface area contributed by atoms with E-state index < -0.39 is 8.32 Å². The first-order valence-electron chi connectivity index (χ1n) is 9.00. The number of carbonyl (C=O) groups is 1. The minimum Gasteiger partial charge on any atom is -0.496 e. The van der Waals surface area contributed by atoms with E-state index in [1.807, 2.05) is 17.0 Å². The van der Waals surface area contributed by atoms with Gasteiger partial charge in [-0.25, -0.2) is 0 Å². The average molecular weight is 440 g/mol. The number of carbonyl (C=O) groups excluding carboxylic acids is 1. The minimum absolute atomic E-state index is 0.0820. The van der Waals surface area contributed by atoms with Crippen LogP contribution in [-0.2, 0) is 9.22 Å². The molecule has 1 aromatic rings. The Kier molecular flexibility index (Phi) is 6.74. The zero-order valence-electron chi connectivity index (χ0n) is 16.7. The van der Waals surface area contributed by atoms with Gasteiger partial charge >= 0.3 is 0 Å². The molecule has 1 aromatic carbocycles. The van der Waals surface area contributed by atoms with Gasteiger partial charge in [-0.15, -0.1) is 0 Å². The predicted octanol–water partition coefficient (Wildman–Crippen LogP) is 5.10. The van der Waals surface area contributed by atoms with Crippen molar-refractivity contribution in [1.82, 2.24) is 4.90 Å². The van der Waals surface area contributed by atoms with Crippen LogP contribution in [0.15, 0.2) is 28.7 Å². The summed E-state index contributed by atoms with van der Waals surface area (Å²) in [5.74, 6) is 0.906. The molecule has 0 bridgehead atoms. The minimum atomic E-state index is -1.89. The molecule has 1 amide bonds. The lowest BCUT2D eigenvalue weighted by Gasteiger charge is -2.36. The molecule has 2 rings (SSSR count). The van der Waals surface area contributed by atoms with Crippen LogP contribution in [0.4, 0.5) is 0 Å². The van der Waals surface area contributed by atoms with Crippen molar-refractivity contribution < 1.29 is 14.0 Å². The number of rotatable bonds is 5. The van der Waals surface area contributed by atoms with Gasteiger partial charge in [0.25, 0.3) is 0 Å². The topological polar surface area (TPSA) is 38.8 Å². The van der Waals surface area contributed by atoms with Gasteiger partial charge < -0.3 is 14.1 Å². The van der Waals surface area contributed by atoms with Crippen LogP contribution in [0.5, 0.6) is 5.75 Å². The van der Waals surface area contributed by atoms with E-state index in [0.717, 1.165) is 28.8 Å². The molecule has 0 aromatic heterocycles. The van der Waals surface area contributed by atoms with E-state index in [2.05, 4.69) is 61.9 Å². The second-order valence-electron chi connectivity index (χ2n) is 8.22. The third-order valence-electron chi connectivity index (χ3n) is 5.45. The zero-order chi connectivity index (χ0) is 19.5. The van der Waals surface area contributed by atoms with Crippen molar-refractivity contribution in [2.24, 2.45) is 0 Å². The molecular formula is C20H30BrNO3Si. The van der Waals surface area contributed by atoms with E-state index in [4.69, 9.17) is 9.16 Å². The molecular weight excluding hydrogens is 410 g/mol. The number of benzene rings is 1. The summed E-state index contributed by atoms with van der Waals surface area (Å²) < 4.78 is 12.4. The molecule has 6 heteroatoms. The molecule has 0 atom stereocenters. The Morgan fingerprint density at radius 1 is 1.31 bits per heavy atom. The third-order valence-corrected chi connectivity index (χ3v) is 10.6. The molecule has 0 N–H and O–H groups in total. The fourth-order valence-corrected chi connectivity index (χ4v) is 3.89. The molecule has 1 aliphatic heterocycles. The van der Waals surface area contributed by atoms with Crippen molar-refractivity contribution in [3.05, 3.63) is 34.3 Å². The van der Waals surface area contributed by atoms with Crippen LogP contribution in [0.2, 0.25) is 18.1 Å². The molecule has 0 spiro atoms. The van der Waals surface area contributed by atoms with Crippen LogP contribution >= 0.6 is 15.9 Å². The van der Waals surface area contributed by atoms with Crippen molar-refractivity contribution in [3.63, 3.8) is 0 Å². The lowest BCUT2D eigenvalue weighted by atomic mass is 9.99. The SMILES string of the molecule is COc1cc(C2=CCN(C(=O)CO[Si](C)(C)C(C)(C)C)CC2)ccc1Br. The van der Waals surface area contributed by atoms with Gasteiger partial charge in [0, 0.05) is 13.1 Å². The van der Waals surface area contributed by atoms with Crippen LogP contribution in [0, 0.1) is 0 Å². The summed E-state index contributed by atoms with van der Waals surface area (Å²) in [5.41, 5.74) is 2.40. The molecule has 26 heavy (non-hydrogen) atoms. The van der Waals surface area contributed by atoms with Crippen molar-refractivity contribution in [3.8, 4) is 5.75 Å².